The summed E-state index contributed by atoms with van der Waals surface area (Å²) in [4.78, 5) is 11.5. The van der Waals surface area contributed by atoms with Crippen LogP contribution in [0.3, 0.4) is 0 Å². The molecule has 1 aromatic heterocycles. The lowest BCUT2D eigenvalue weighted by Crippen LogP contribution is -2.29. The molecule has 0 saturated carbocycles. The summed E-state index contributed by atoms with van der Waals surface area (Å²) in [6, 6.07) is 7.82. The Labute approximate surface area is 130 Å². The van der Waals surface area contributed by atoms with Gasteiger partial charge in [0.15, 0.2) is 0 Å². The molecule has 0 spiro atoms. The lowest BCUT2D eigenvalue weighted by Gasteiger charge is -2.20. The second-order valence-corrected chi connectivity index (χ2v) is 5.74. The van der Waals surface area contributed by atoms with Crippen LogP contribution in [0.5, 0.6) is 0 Å². The zero-order chi connectivity index (χ0) is 14.7. The smallest absolute Gasteiger partial charge is 0.225 e. The molecule has 0 radical (unpaired) electrons. The monoisotopic (exact) mass is 302 g/mol. The minimum Gasteiger partial charge on any atom is -0.339 e. The Hall–Kier alpha value is -1.65. The van der Waals surface area contributed by atoms with Crippen molar-refractivity contribution in [3.8, 4) is 11.3 Å². The third-order valence-electron chi connectivity index (χ3n) is 3.68. The van der Waals surface area contributed by atoms with E-state index in [1.807, 2.05) is 37.4 Å². The molecular weight excluding hydrogens is 284 g/mol. The predicted molar refractivity (Wildman–Crippen MR) is 86.9 cm³/mol. The molecule has 0 atom stereocenters. The first-order valence-corrected chi connectivity index (χ1v) is 7.67. The molecular formula is C16H19ClN4. The van der Waals surface area contributed by atoms with Gasteiger partial charge in [0.05, 0.1) is 5.69 Å². The fourth-order valence-electron chi connectivity index (χ4n) is 2.56. The quantitative estimate of drug-likeness (QED) is 0.926. The number of aromatic nitrogens is 2. The van der Waals surface area contributed by atoms with E-state index in [1.54, 1.807) is 0 Å². The van der Waals surface area contributed by atoms with Crippen molar-refractivity contribution in [2.75, 3.05) is 31.1 Å². The summed E-state index contributed by atoms with van der Waals surface area (Å²) in [6.45, 7) is 6.00. The minimum absolute atomic E-state index is 0.728. The highest BCUT2D eigenvalue weighted by Gasteiger charge is 2.14. The molecule has 0 aliphatic carbocycles. The summed E-state index contributed by atoms with van der Waals surface area (Å²) < 4.78 is 0. The second kappa shape index (κ2) is 6.41. The van der Waals surface area contributed by atoms with Gasteiger partial charge in [0.2, 0.25) is 5.95 Å². The number of hydrogen-bond acceptors (Lipinski definition) is 4. The van der Waals surface area contributed by atoms with Crippen molar-refractivity contribution in [2.24, 2.45) is 0 Å². The van der Waals surface area contributed by atoms with Crippen molar-refractivity contribution in [1.82, 2.24) is 15.3 Å². The van der Waals surface area contributed by atoms with E-state index in [4.69, 9.17) is 16.6 Å². The Balaban J connectivity index is 1.95. The number of anilines is 1. The van der Waals surface area contributed by atoms with Gasteiger partial charge in [0.25, 0.3) is 0 Å². The zero-order valence-corrected chi connectivity index (χ0v) is 12.9. The van der Waals surface area contributed by atoms with Gasteiger partial charge < -0.3 is 10.2 Å². The van der Waals surface area contributed by atoms with Crippen LogP contribution < -0.4 is 10.2 Å². The average molecular weight is 303 g/mol. The van der Waals surface area contributed by atoms with E-state index in [0.29, 0.717) is 0 Å². The molecule has 3 rings (SSSR count). The van der Waals surface area contributed by atoms with Gasteiger partial charge in [-0.25, -0.2) is 9.97 Å². The van der Waals surface area contributed by atoms with Crippen LogP contribution in [0.4, 0.5) is 5.95 Å². The third kappa shape index (κ3) is 3.34. The number of rotatable bonds is 2. The van der Waals surface area contributed by atoms with Crippen molar-refractivity contribution in [2.45, 2.75) is 13.3 Å². The lowest BCUT2D eigenvalue weighted by atomic mass is 10.1. The van der Waals surface area contributed by atoms with Crippen LogP contribution >= 0.6 is 11.6 Å². The molecule has 2 heterocycles. The van der Waals surface area contributed by atoms with Crippen molar-refractivity contribution >= 4 is 17.5 Å². The minimum atomic E-state index is 0.728. The lowest BCUT2D eigenvalue weighted by molar-refractivity contribution is 0.724. The fourth-order valence-corrected chi connectivity index (χ4v) is 2.75. The molecule has 1 N–H and O–H groups in total. The number of halogens is 1. The largest absolute Gasteiger partial charge is 0.339 e. The molecule has 0 amide bonds. The maximum atomic E-state index is 6.10. The highest BCUT2D eigenvalue weighted by atomic mass is 35.5. The van der Waals surface area contributed by atoms with E-state index in [0.717, 1.165) is 60.4 Å². The summed E-state index contributed by atoms with van der Waals surface area (Å²) in [7, 11) is 0. The molecule has 110 valence electrons. The Morgan fingerprint density at radius 1 is 1.24 bits per heavy atom. The summed E-state index contributed by atoms with van der Waals surface area (Å²) in [5.74, 6) is 0.805. The van der Waals surface area contributed by atoms with Gasteiger partial charge in [-0.05, 0) is 37.6 Å². The first-order valence-electron chi connectivity index (χ1n) is 7.29. The topological polar surface area (TPSA) is 41.1 Å². The van der Waals surface area contributed by atoms with Crippen LogP contribution in [-0.2, 0) is 0 Å². The van der Waals surface area contributed by atoms with Gasteiger partial charge in [-0.3, -0.25) is 0 Å². The van der Waals surface area contributed by atoms with Gasteiger partial charge in [-0.2, -0.15) is 0 Å². The van der Waals surface area contributed by atoms with Crippen LogP contribution in [-0.4, -0.2) is 36.1 Å². The zero-order valence-electron chi connectivity index (χ0n) is 12.1. The summed E-state index contributed by atoms with van der Waals surface area (Å²) in [5, 5.41) is 4.13. The Bertz CT molecular complexity index is 621. The van der Waals surface area contributed by atoms with Gasteiger partial charge in [-0.1, -0.05) is 23.7 Å². The van der Waals surface area contributed by atoms with Crippen molar-refractivity contribution in [3.05, 3.63) is 41.0 Å². The standard InChI is InChI=1S/C16H19ClN4/c1-12-11-19-16(21-8-3-6-18-7-9-21)20-15(12)13-4-2-5-14(17)10-13/h2,4-5,10-11,18H,3,6-9H2,1H3. The van der Waals surface area contributed by atoms with Crippen LogP contribution in [0.1, 0.15) is 12.0 Å². The third-order valence-corrected chi connectivity index (χ3v) is 3.92. The highest BCUT2D eigenvalue weighted by molar-refractivity contribution is 6.30. The summed E-state index contributed by atoms with van der Waals surface area (Å²) in [5.41, 5.74) is 3.06. The van der Waals surface area contributed by atoms with E-state index in [1.165, 1.54) is 0 Å². The molecule has 1 aromatic carbocycles. The van der Waals surface area contributed by atoms with Gasteiger partial charge in [0.1, 0.15) is 0 Å². The molecule has 1 aliphatic rings. The molecule has 0 bridgehead atoms. The number of nitrogens with zero attached hydrogens (tertiary/aromatic N) is 3. The summed E-state index contributed by atoms with van der Waals surface area (Å²) >= 11 is 6.10. The average Bonchev–Trinajstić information content (AvgIpc) is 2.77. The number of hydrogen-bond donors (Lipinski definition) is 1. The molecule has 1 aliphatic heterocycles. The summed E-state index contributed by atoms with van der Waals surface area (Å²) in [6.07, 6.45) is 3.01. The van der Waals surface area contributed by atoms with E-state index in [9.17, 15) is 0 Å². The van der Waals surface area contributed by atoms with Crippen molar-refractivity contribution in [1.29, 1.82) is 0 Å². The second-order valence-electron chi connectivity index (χ2n) is 5.30. The Morgan fingerprint density at radius 2 is 2.14 bits per heavy atom. The Kier molecular flexibility index (Phi) is 4.36. The molecule has 1 saturated heterocycles. The maximum Gasteiger partial charge on any atom is 0.225 e. The van der Waals surface area contributed by atoms with E-state index < -0.39 is 0 Å². The predicted octanol–water partition coefficient (Wildman–Crippen LogP) is 2.91. The molecule has 21 heavy (non-hydrogen) atoms. The number of aryl methyl sites for hydroxylation is 1. The normalized spacial score (nSPS) is 15.8. The van der Waals surface area contributed by atoms with Gasteiger partial charge in [0, 0.05) is 36.4 Å². The fraction of sp³-hybridized carbons (Fsp3) is 0.375. The Morgan fingerprint density at radius 3 is 3.00 bits per heavy atom. The molecule has 5 heteroatoms. The van der Waals surface area contributed by atoms with E-state index in [2.05, 4.69) is 15.2 Å². The van der Waals surface area contributed by atoms with Crippen LogP contribution in [0.15, 0.2) is 30.5 Å². The number of benzene rings is 1. The van der Waals surface area contributed by atoms with Gasteiger partial charge in [-0.15, -0.1) is 0 Å². The van der Waals surface area contributed by atoms with E-state index in [-0.39, 0.29) is 0 Å². The van der Waals surface area contributed by atoms with Crippen molar-refractivity contribution in [3.63, 3.8) is 0 Å². The maximum absolute atomic E-state index is 6.10. The molecule has 4 nitrogen and oxygen atoms in total. The number of nitrogens with one attached hydrogen (secondary N) is 1. The van der Waals surface area contributed by atoms with Gasteiger partial charge >= 0.3 is 0 Å². The van der Waals surface area contributed by atoms with Crippen LogP contribution in [0, 0.1) is 6.92 Å². The first kappa shape index (κ1) is 14.3. The van der Waals surface area contributed by atoms with Crippen molar-refractivity contribution < 1.29 is 0 Å². The van der Waals surface area contributed by atoms with Crippen LogP contribution in [0.2, 0.25) is 5.02 Å². The first-order chi connectivity index (χ1) is 10.2. The SMILES string of the molecule is Cc1cnc(N2CCCNCC2)nc1-c1cccc(Cl)c1. The highest BCUT2D eigenvalue weighted by Crippen LogP contribution is 2.25. The molecule has 1 fully saturated rings. The van der Waals surface area contributed by atoms with Crippen LogP contribution in [0.25, 0.3) is 11.3 Å². The molecule has 2 aromatic rings. The van der Waals surface area contributed by atoms with E-state index >= 15 is 0 Å². The molecule has 0 unspecified atom stereocenters.